The molecule has 2 aromatic rings. The zero-order valence-electron chi connectivity index (χ0n) is 13.9. The number of ketones is 1. The smallest absolute Gasteiger partial charge is 0.344 e. The van der Waals surface area contributed by atoms with E-state index in [1.807, 2.05) is 19.1 Å². The highest BCUT2D eigenvalue weighted by Gasteiger charge is 2.16. The van der Waals surface area contributed by atoms with E-state index in [2.05, 4.69) is 0 Å². The number of carbonyl (C=O) groups is 2. The molecule has 0 N–H and O–H groups in total. The molecule has 0 unspecified atom stereocenters. The molecule has 0 aromatic heterocycles. The van der Waals surface area contributed by atoms with E-state index in [0.717, 1.165) is 11.1 Å². The van der Waals surface area contributed by atoms with Crippen molar-refractivity contribution in [2.75, 3.05) is 13.2 Å². The molecule has 0 saturated heterocycles. The third-order valence-corrected chi connectivity index (χ3v) is 3.47. The predicted molar refractivity (Wildman–Crippen MR) is 89.8 cm³/mol. The lowest BCUT2D eigenvalue weighted by atomic mass is 10.0. The molecule has 0 bridgehead atoms. The number of nitro groups is 1. The van der Waals surface area contributed by atoms with Gasteiger partial charge in [0.1, 0.15) is 0 Å². The van der Waals surface area contributed by atoms with Gasteiger partial charge in [0.15, 0.2) is 19.0 Å². The highest BCUT2D eigenvalue weighted by atomic mass is 16.6. The molecule has 0 aliphatic rings. The minimum absolute atomic E-state index is 0.0368. The van der Waals surface area contributed by atoms with E-state index in [9.17, 15) is 19.7 Å². The second-order valence-electron chi connectivity index (χ2n) is 5.42. The number of aryl methyl sites for hydroxylation is 2. The van der Waals surface area contributed by atoms with Gasteiger partial charge < -0.3 is 9.47 Å². The van der Waals surface area contributed by atoms with Crippen LogP contribution in [0.5, 0.6) is 5.75 Å². The van der Waals surface area contributed by atoms with Gasteiger partial charge in [-0.1, -0.05) is 29.8 Å². The van der Waals surface area contributed by atoms with Gasteiger partial charge in [-0.05, 0) is 31.5 Å². The van der Waals surface area contributed by atoms with E-state index in [4.69, 9.17) is 9.47 Å². The lowest BCUT2D eigenvalue weighted by Gasteiger charge is -2.08. The average molecular weight is 343 g/mol. The lowest BCUT2D eigenvalue weighted by molar-refractivity contribution is -0.385. The number of hydrogen-bond acceptors (Lipinski definition) is 6. The van der Waals surface area contributed by atoms with E-state index in [0.29, 0.717) is 5.56 Å². The maximum atomic E-state index is 12.1. The minimum Gasteiger partial charge on any atom is -0.475 e. The number of carbonyl (C=O) groups excluding carboxylic acids is 2. The molecule has 25 heavy (non-hydrogen) atoms. The fourth-order valence-electron chi connectivity index (χ4n) is 2.17. The molecule has 130 valence electrons. The minimum atomic E-state index is -0.781. The maximum absolute atomic E-state index is 12.1. The summed E-state index contributed by atoms with van der Waals surface area (Å²) in [4.78, 5) is 34.1. The van der Waals surface area contributed by atoms with Gasteiger partial charge >= 0.3 is 11.7 Å². The molecule has 2 aromatic carbocycles. The topological polar surface area (TPSA) is 95.7 Å². The van der Waals surface area contributed by atoms with Crippen LogP contribution < -0.4 is 4.74 Å². The summed E-state index contributed by atoms with van der Waals surface area (Å²) in [7, 11) is 0. The fraction of sp³-hybridized carbons (Fsp3) is 0.222. The highest BCUT2D eigenvalue weighted by molar-refractivity contribution is 5.99. The van der Waals surface area contributed by atoms with Crippen molar-refractivity contribution in [3.05, 3.63) is 69.3 Å². The molecule has 0 atom stereocenters. The summed E-state index contributed by atoms with van der Waals surface area (Å²) >= 11 is 0. The van der Waals surface area contributed by atoms with Crippen LogP contribution in [0.25, 0.3) is 0 Å². The van der Waals surface area contributed by atoms with E-state index in [1.54, 1.807) is 19.1 Å². The van der Waals surface area contributed by atoms with Crippen LogP contribution in [-0.2, 0) is 9.53 Å². The zero-order chi connectivity index (χ0) is 18.4. The Balaban J connectivity index is 1.90. The van der Waals surface area contributed by atoms with Gasteiger partial charge in [0.25, 0.3) is 0 Å². The Labute approximate surface area is 144 Å². The van der Waals surface area contributed by atoms with Crippen LogP contribution in [0.4, 0.5) is 5.69 Å². The molecular formula is C18H17NO6. The molecule has 0 fully saturated rings. The Morgan fingerprint density at radius 3 is 2.52 bits per heavy atom. The number of hydrogen-bond donors (Lipinski definition) is 0. The second-order valence-corrected chi connectivity index (χ2v) is 5.42. The number of benzene rings is 2. The fourth-order valence-corrected chi connectivity index (χ4v) is 2.17. The Bertz CT molecular complexity index is 815. The number of ether oxygens (including phenoxy) is 2. The summed E-state index contributed by atoms with van der Waals surface area (Å²) in [6.45, 7) is 2.73. The van der Waals surface area contributed by atoms with Crippen molar-refractivity contribution in [2.24, 2.45) is 0 Å². The van der Waals surface area contributed by atoms with Crippen LogP contribution in [-0.4, -0.2) is 29.9 Å². The van der Waals surface area contributed by atoms with E-state index in [1.165, 1.54) is 18.2 Å². The highest BCUT2D eigenvalue weighted by Crippen LogP contribution is 2.25. The first-order chi connectivity index (χ1) is 11.9. The Morgan fingerprint density at radius 1 is 1.08 bits per heavy atom. The van der Waals surface area contributed by atoms with Crippen molar-refractivity contribution < 1.29 is 24.0 Å². The van der Waals surface area contributed by atoms with Crippen molar-refractivity contribution in [3.8, 4) is 5.75 Å². The molecule has 0 radical (unpaired) electrons. The Hall–Kier alpha value is -3.22. The quantitative estimate of drug-likeness (QED) is 0.332. The molecule has 0 aliphatic carbocycles. The number of nitrogens with zero attached hydrogens (tertiary/aromatic N) is 1. The summed E-state index contributed by atoms with van der Waals surface area (Å²) in [6.07, 6.45) is 0. The van der Waals surface area contributed by atoms with Gasteiger partial charge in [0.2, 0.25) is 5.78 Å². The van der Waals surface area contributed by atoms with Crippen LogP contribution in [0.3, 0.4) is 0 Å². The van der Waals surface area contributed by atoms with Crippen molar-refractivity contribution in [2.45, 2.75) is 13.8 Å². The SMILES string of the molecule is Cc1ccc(C)c(C(=O)COC(=O)COc2ccccc2[N+](=O)[O-])c1. The molecule has 7 nitrogen and oxygen atoms in total. The number of nitro benzene ring substituents is 1. The van der Waals surface area contributed by atoms with Crippen LogP contribution in [0.15, 0.2) is 42.5 Å². The summed E-state index contributed by atoms with van der Waals surface area (Å²) in [5, 5.41) is 10.9. The first-order valence-electron chi connectivity index (χ1n) is 7.51. The summed E-state index contributed by atoms with van der Waals surface area (Å²) < 4.78 is 10.0. The van der Waals surface area contributed by atoms with Crippen molar-refractivity contribution in [1.82, 2.24) is 0 Å². The molecule has 7 heteroatoms. The summed E-state index contributed by atoms with van der Waals surface area (Å²) in [6, 6.07) is 11.1. The third-order valence-electron chi connectivity index (χ3n) is 3.47. The normalized spacial score (nSPS) is 10.2. The monoisotopic (exact) mass is 343 g/mol. The molecular weight excluding hydrogens is 326 g/mol. The van der Waals surface area contributed by atoms with Crippen molar-refractivity contribution in [1.29, 1.82) is 0 Å². The molecule has 0 heterocycles. The largest absolute Gasteiger partial charge is 0.475 e. The Morgan fingerprint density at radius 2 is 1.80 bits per heavy atom. The van der Waals surface area contributed by atoms with E-state index >= 15 is 0 Å². The lowest BCUT2D eigenvalue weighted by Crippen LogP contribution is -2.20. The van der Waals surface area contributed by atoms with Crippen LogP contribution in [0.2, 0.25) is 0 Å². The van der Waals surface area contributed by atoms with Gasteiger partial charge in [-0.25, -0.2) is 4.79 Å². The first-order valence-corrected chi connectivity index (χ1v) is 7.51. The molecule has 0 saturated carbocycles. The van der Waals surface area contributed by atoms with Gasteiger partial charge in [-0.2, -0.15) is 0 Å². The maximum Gasteiger partial charge on any atom is 0.344 e. The third kappa shape index (κ3) is 4.87. The van der Waals surface area contributed by atoms with E-state index in [-0.39, 0.29) is 17.2 Å². The molecule has 0 amide bonds. The molecule has 0 aliphatic heterocycles. The predicted octanol–water partition coefficient (Wildman–Crippen LogP) is 3.02. The number of Topliss-reactive ketones (excluding diaryl/α,β-unsaturated/α-hetero) is 1. The molecule has 0 spiro atoms. The standard InChI is InChI=1S/C18H17NO6/c1-12-7-8-13(2)14(9-12)16(20)10-25-18(21)11-24-17-6-4-3-5-15(17)19(22)23/h3-9H,10-11H2,1-2H3. The van der Waals surface area contributed by atoms with E-state index < -0.39 is 24.1 Å². The van der Waals surface area contributed by atoms with Crippen molar-refractivity contribution >= 4 is 17.4 Å². The first kappa shape index (κ1) is 18.1. The summed E-state index contributed by atoms with van der Waals surface area (Å²) in [5.74, 6) is -1.14. The number of esters is 1. The van der Waals surface area contributed by atoms with Gasteiger partial charge in [0, 0.05) is 11.6 Å². The number of para-hydroxylation sites is 2. The number of rotatable bonds is 7. The van der Waals surface area contributed by atoms with Gasteiger partial charge in [0.05, 0.1) is 4.92 Å². The Kier molecular flexibility index (Phi) is 5.84. The summed E-state index contributed by atoms with van der Waals surface area (Å²) in [5.41, 5.74) is 1.97. The van der Waals surface area contributed by atoms with Gasteiger partial charge in [-0.3, -0.25) is 14.9 Å². The van der Waals surface area contributed by atoms with Crippen LogP contribution in [0.1, 0.15) is 21.5 Å². The van der Waals surface area contributed by atoms with Crippen LogP contribution >= 0.6 is 0 Å². The van der Waals surface area contributed by atoms with Crippen LogP contribution in [0, 0.1) is 24.0 Å². The molecule has 2 rings (SSSR count). The zero-order valence-corrected chi connectivity index (χ0v) is 13.9. The van der Waals surface area contributed by atoms with Crippen molar-refractivity contribution in [3.63, 3.8) is 0 Å². The second kappa shape index (κ2) is 8.05. The van der Waals surface area contributed by atoms with Gasteiger partial charge in [-0.15, -0.1) is 0 Å². The average Bonchev–Trinajstić information content (AvgIpc) is 2.60.